The number of hydrogen-bond acceptors (Lipinski definition) is 3. The van der Waals surface area contributed by atoms with Crippen LogP contribution in [0.5, 0.6) is 0 Å². The zero-order valence-electron chi connectivity index (χ0n) is 16.2. The highest BCUT2D eigenvalue weighted by molar-refractivity contribution is 5.81. The van der Waals surface area contributed by atoms with Crippen LogP contribution in [0.3, 0.4) is 0 Å². The van der Waals surface area contributed by atoms with Crippen molar-refractivity contribution in [1.29, 1.82) is 0 Å². The molecule has 0 aromatic carbocycles. The predicted octanol–water partition coefficient (Wildman–Crippen LogP) is 3.87. The smallest absolute Gasteiger partial charge is 0.225 e. The molecule has 0 atom stereocenters. The van der Waals surface area contributed by atoms with Gasteiger partial charge in [-0.25, -0.2) is 0 Å². The van der Waals surface area contributed by atoms with Crippen LogP contribution < -0.4 is 5.32 Å². The van der Waals surface area contributed by atoms with E-state index in [9.17, 15) is 4.79 Å². The summed E-state index contributed by atoms with van der Waals surface area (Å²) >= 11 is 0. The fraction of sp³-hybridized carbons (Fsp3) is 0.941. The Labute approximate surface area is 133 Å². The molecule has 0 aliphatic heterocycles. The Morgan fingerprint density at radius 2 is 1.52 bits per heavy atom. The zero-order valence-corrected chi connectivity index (χ0v) is 16.2. The normalized spacial score (nSPS) is 9.33. The number of carbonyl (C=O) groups is 1. The molecule has 0 aromatic rings. The van der Waals surface area contributed by atoms with Crippen molar-refractivity contribution < 1.29 is 14.6 Å². The molecule has 132 valence electrons. The van der Waals surface area contributed by atoms with Crippen molar-refractivity contribution in [3.8, 4) is 0 Å². The molecule has 0 aliphatic rings. The fourth-order valence-corrected chi connectivity index (χ4v) is 0.899. The van der Waals surface area contributed by atoms with E-state index in [1.165, 1.54) is 0 Å². The first-order valence-electron chi connectivity index (χ1n) is 8.16. The number of methoxy groups -OCH3 is 1. The second-order valence-electron chi connectivity index (χ2n) is 5.34. The van der Waals surface area contributed by atoms with E-state index < -0.39 is 5.41 Å². The summed E-state index contributed by atoms with van der Waals surface area (Å²) in [7, 11) is 1.59. The first kappa shape index (κ1) is 28.5. The highest BCUT2D eigenvalue weighted by Crippen LogP contribution is 2.19. The van der Waals surface area contributed by atoms with Crippen LogP contribution in [0.2, 0.25) is 0 Å². The van der Waals surface area contributed by atoms with E-state index in [1.54, 1.807) is 7.11 Å². The van der Waals surface area contributed by atoms with E-state index in [0.717, 1.165) is 5.92 Å². The van der Waals surface area contributed by atoms with E-state index >= 15 is 0 Å². The Balaban J connectivity index is -0.000000151. The maximum Gasteiger partial charge on any atom is 0.225 e. The maximum atomic E-state index is 11.5. The van der Waals surface area contributed by atoms with Gasteiger partial charge in [0.25, 0.3) is 0 Å². The lowest BCUT2D eigenvalue weighted by atomic mass is 9.89. The van der Waals surface area contributed by atoms with Gasteiger partial charge in [-0.3, -0.25) is 4.79 Å². The summed E-state index contributed by atoms with van der Waals surface area (Å²) in [5.41, 5.74) is -0.498. The van der Waals surface area contributed by atoms with Gasteiger partial charge >= 0.3 is 0 Å². The molecule has 0 bridgehead atoms. The van der Waals surface area contributed by atoms with Gasteiger partial charge in [0.05, 0.1) is 6.61 Å². The minimum atomic E-state index is -0.498. The van der Waals surface area contributed by atoms with E-state index in [4.69, 9.17) is 9.84 Å². The Bertz CT molecular complexity index is 190. The van der Waals surface area contributed by atoms with Gasteiger partial charge in [-0.2, -0.15) is 0 Å². The number of hydrogen-bond donors (Lipinski definition) is 2. The molecular formula is C17H41NO3. The third-order valence-corrected chi connectivity index (χ3v) is 1.94. The quantitative estimate of drug-likeness (QED) is 0.732. The third kappa shape index (κ3) is 28.3. The van der Waals surface area contributed by atoms with Crippen molar-refractivity contribution in [3.63, 3.8) is 0 Å². The average Bonchev–Trinajstić information content (AvgIpc) is 2.42. The van der Waals surface area contributed by atoms with Crippen LogP contribution in [-0.2, 0) is 9.53 Å². The van der Waals surface area contributed by atoms with Gasteiger partial charge < -0.3 is 15.2 Å². The van der Waals surface area contributed by atoms with Crippen molar-refractivity contribution in [2.24, 2.45) is 11.3 Å². The van der Waals surface area contributed by atoms with E-state index in [2.05, 4.69) is 26.1 Å². The molecule has 0 spiro atoms. The maximum absolute atomic E-state index is 11.5. The molecule has 4 nitrogen and oxygen atoms in total. The molecule has 0 saturated carbocycles. The van der Waals surface area contributed by atoms with Crippen molar-refractivity contribution in [1.82, 2.24) is 5.32 Å². The summed E-state index contributed by atoms with van der Waals surface area (Å²) < 4.78 is 4.80. The van der Waals surface area contributed by atoms with Crippen LogP contribution in [0.25, 0.3) is 0 Å². The van der Waals surface area contributed by atoms with Gasteiger partial charge in [0.15, 0.2) is 0 Å². The fourth-order valence-electron chi connectivity index (χ4n) is 0.899. The van der Waals surface area contributed by atoms with Gasteiger partial charge in [-0.05, 0) is 12.3 Å². The molecule has 0 rings (SSSR count). The second-order valence-corrected chi connectivity index (χ2v) is 5.34. The van der Waals surface area contributed by atoms with Gasteiger partial charge in [0.1, 0.15) is 0 Å². The molecule has 0 fully saturated rings. The molecule has 0 saturated heterocycles. The molecule has 0 heterocycles. The number of amides is 1. The van der Waals surface area contributed by atoms with Crippen molar-refractivity contribution in [2.45, 2.75) is 68.7 Å². The molecule has 2 N–H and O–H groups in total. The highest BCUT2D eigenvalue weighted by atomic mass is 16.5. The number of rotatable bonds is 6. The molecule has 4 heteroatoms. The monoisotopic (exact) mass is 307 g/mol. The van der Waals surface area contributed by atoms with Gasteiger partial charge in [-0.15, -0.1) is 0 Å². The number of aliphatic hydroxyl groups excluding tert-OH is 1. The minimum Gasteiger partial charge on any atom is -0.396 e. The SMILES string of the molecule is CC.CC.CC(C)C.COCCNC(=O)C(C)(C)CCO. The lowest BCUT2D eigenvalue weighted by Gasteiger charge is -2.22. The molecule has 0 unspecified atom stereocenters. The largest absolute Gasteiger partial charge is 0.396 e. The number of nitrogens with one attached hydrogen (secondary N) is 1. The summed E-state index contributed by atoms with van der Waals surface area (Å²) in [6.45, 7) is 19.2. The van der Waals surface area contributed by atoms with Crippen molar-refractivity contribution >= 4 is 5.91 Å². The van der Waals surface area contributed by atoms with Crippen molar-refractivity contribution in [3.05, 3.63) is 0 Å². The minimum absolute atomic E-state index is 0.0324. The summed E-state index contributed by atoms with van der Waals surface area (Å²) in [5, 5.41) is 11.5. The predicted molar refractivity (Wildman–Crippen MR) is 93.6 cm³/mol. The number of carbonyl (C=O) groups excluding carboxylic acids is 1. The molecule has 21 heavy (non-hydrogen) atoms. The Morgan fingerprint density at radius 3 is 1.81 bits per heavy atom. The zero-order chi connectivity index (χ0) is 17.9. The first-order valence-corrected chi connectivity index (χ1v) is 8.16. The van der Waals surface area contributed by atoms with Crippen LogP contribution in [0.1, 0.15) is 68.7 Å². The van der Waals surface area contributed by atoms with E-state index in [0.29, 0.717) is 19.6 Å². The highest BCUT2D eigenvalue weighted by Gasteiger charge is 2.26. The number of aliphatic hydroxyl groups is 1. The second kappa shape index (κ2) is 21.7. The van der Waals surface area contributed by atoms with Gasteiger partial charge in [0.2, 0.25) is 5.91 Å². The van der Waals surface area contributed by atoms with Crippen LogP contribution in [0.4, 0.5) is 0 Å². The van der Waals surface area contributed by atoms with Crippen molar-refractivity contribution in [2.75, 3.05) is 26.9 Å². The van der Waals surface area contributed by atoms with Crippen LogP contribution in [0, 0.1) is 11.3 Å². The third-order valence-electron chi connectivity index (χ3n) is 1.94. The summed E-state index contributed by atoms with van der Waals surface area (Å²) in [5.74, 6) is 0.790. The van der Waals surface area contributed by atoms with Crippen LogP contribution in [0.15, 0.2) is 0 Å². The van der Waals surface area contributed by atoms with E-state index in [1.807, 2.05) is 41.5 Å². The lowest BCUT2D eigenvalue weighted by molar-refractivity contribution is -0.130. The Hall–Kier alpha value is -0.610. The Morgan fingerprint density at radius 1 is 1.14 bits per heavy atom. The first-order chi connectivity index (χ1) is 9.77. The number of ether oxygens (including phenoxy) is 1. The summed E-state index contributed by atoms with van der Waals surface area (Å²) in [6, 6.07) is 0. The van der Waals surface area contributed by atoms with E-state index in [-0.39, 0.29) is 12.5 Å². The molecule has 1 amide bonds. The van der Waals surface area contributed by atoms with Crippen LogP contribution in [-0.4, -0.2) is 37.9 Å². The molecule has 0 radical (unpaired) electrons. The van der Waals surface area contributed by atoms with Gasteiger partial charge in [0, 0.05) is 25.7 Å². The topological polar surface area (TPSA) is 58.6 Å². The molecule has 0 aromatic heterocycles. The van der Waals surface area contributed by atoms with Gasteiger partial charge in [-0.1, -0.05) is 62.3 Å². The average molecular weight is 308 g/mol. The van der Waals surface area contributed by atoms with Crippen LogP contribution >= 0.6 is 0 Å². The standard InChI is InChI=1S/C9H19NO3.C4H10.2C2H6/c1-9(2,4-6-11)8(12)10-5-7-13-3;1-4(2)3;2*1-2/h11H,4-7H2,1-3H3,(H,10,12);4H,1-3H3;2*1-2H3. The Kier molecular flexibility index (Phi) is 29.5. The lowest BCUT2D eigenvalue weighted by Crippen LogP contribution is -2.39. The molecule has 0 aliphatic carbocycles. The summed E-state index contributed by atoms with van der Waals surface area (Å²) in [4.78, 5) is 11.5. The summed E-state index contributed by atoms with van der Waals surface area (Å²) in [6.07, 6.45) is 0.478. The molecular weight excluding hydrogens is 266 g/mol.